The Morgan fingerprint density at radius 3 is 2.70 bits per heavy atom. The molecular weight excluding hydrogens is 280 g/mol. The second-order valence-electron chi connectivity index (χ2n) is 4.58. The minimum absolute atomic E-state index is 0.181. The van der Waals surface area contributed by atoms with Crippen LogP contribution in [0.4, 0.5) is 5.69 Å². The Balaban J connectivity index is 1.78. The number of sulfonamides is 1. The molecule has 0 saturated carbocycles. The fourth-order valence-corrected chi connectivity index (χ4v) is 3.55. The van der Waals surface area contributed by atoms with Crippen LogP contribution in [0, 0.1) is 0 Å². The van der Waals surface area contributed by atoms with Crippen LogP contribution in [0.15, 0.2) is 30.3 Å². The van der Waals surface area contributed by atoms with Crippen molar-refractivity contribution in [3.63, 3.8) is 0 Å². The molecule has 0 radical (unpaired) electrons. The molecule has 0 amide bonds. The molecule has 1 aliphatic heterocycles. The third-order valence-corrected chi connectivity index (χ3v) is 5.05. The number of rotatable bonds is 7. The number of anilines is 1. The van der Waals surface area contributed by atoms with E-state index < -0.39 is 21.4 Å². The van der Waals surface area contributed by atoms with Gasteiger partial charge in [-0.1, -0.05) is 18.2 Å². The molecule has 1 saturated heterocycles. The molecule has 0 aromatic heterocycles. The Morgan fingerprint density at radius 2 is 2.00 bits per heavy atom. The average molecular weight is 300 g/mol. The van der Waals surface area contributed by atoms with E-state index in [1.165, 1.54) is 7.11 Å². The Bertz CT molecular complexity index is 506. The number of benzene rings is 1. The summed E-state index contributed by atoms with van der Waals surface area (Å²) in [5.41, 5.74) is 0.964. The van der Waals surface area contributed by atoms with Gasteiger partial charge in [0, 0.05) is 25.9 Å². The van der Waals surface area contributed by atoms with Crippen molar-refractivity contribution in [2.24, 2.45) is 0 Å². The summed E-state index contributed by atoms with van der Waals surface area (Å²) in [5.74, 6) is 0. The van der Waals surface area contributed by atoms with Gasteiger partial charge < -0.3 is 14.8 Å². The fraction of sp³-hybridized carbons (Fsp3) is 0.538. The number of para-hydroxylation sites is 1. The highest BCUT2D eigenvalue weighted by Gasteiger charge is 2.38. The van der Waals surface area contributed by atoms with Crippen LogP contribution in [0.2, 0.25) is 0 Å². The van der Waals surface area contributed by atoms with Crippen LogP contribution < -0.4 is 10.0 Å². The van der Waals surface area contributed by atoms with Crippen LogP contribution in [0.5, 0.6) is 0 Å². The van der Waals surface area contributed by atoms with Crippen molar-refractivity contribution in [1.29, 1.82) is 0 Å². The maximum absolute atomic E-state index is 12.1. The van der Waals surface area contributed by atoms with Gasteiger partial charge in [0.25, 0.3) is 0 Å². The molecule has 6 nitrogen and oxygen atoms in total. The second kappa shape index (κ2) is 7.03. The molecule has 1 heterocycles. The van der Waals surface area contributed by atoms with Gasteiger partial charge in [0.1, 0.15) is 11.4 Å². The van der Waals surface area contributed by atoms with Gasteiger partial charge in [-0.15, -0.1) is 0 Å². The predicted molar refractivity (Wildman–Crippen MR) is 77.3 cm³/mol. The lowest BCUT2D eigenvalue weighted by atomic mass is 10.3. The van der Waals surface area contributed by atoms with Gasteiger partial charge in [-0.05, 0) is 12.1 Å². The number of hydrogen-bond donors (Lipinski definition) is 2. The predicted octanol–water partition coefficient (Wildman–Crippen LogP) is 0.432. The van der Waals surface area contributed by atoms with Gasteiger partial charge in [0.2, 0.25) is 10.0 Å². The van der Waals surface area contributed by atoms with E-state index in [4.69, 9.17) is 9.47 Å². The van der Waals surface area contributed by atoms with Crippen molar-refractivity contribution in [1.82, 2.24) is 4.72 Å². The number of methoxy groups -OCH3 is 1. The lowest BCUT2D eigenvalue weighted by Gasteiger charge is -2.17. The van der Waals surface area contributed by atoms with E-state index in [0.717, 1.165) is 5.69 Å². The zero-order valence-electron chi connectivity index (χ0n) is 11.4. The number of ether oxygens (including phenoxy) is 2. The smallest absolute Gasteiger partial charge is 0.219 e. The standard InChI is InChI=1S/C13H20N2O4S/c1-18-12-9-19-10-13(12)20(16,17)15-8-7-14-11-5-3-2-4-6-11/h2-6,12-15H,7-10H2,1H3. The molecule has 2 N–H and O–H groups in total. The van der Waals surface area contributed by atoms with Crippen molar-refractivity contribution >= 4 is 15.7 Å². The van der Waals surface area contributed by atoms with E-state index in [1.54, 1.807) is 0 Å². The Kier molecular flexibility index (Phi) is 5.36. The van der Waals surface area contributed by atoms with Crippen molar-refractivity contribution in [3.8, 4) is 0 Å². The molecule has 2 atom stereocenters. The number of nitrogens with one attached hydrogen (secondary N) is 2. The molecule has 1 aromatic carbocycles. The van der Waals surface area contributed by atoms with Crippen LogP contribution in [0.3, 0.4) is 0 Å². The first-order valence-corrected chi connectivity index (χ1v) is 8.06. The van der Waals surface area contributed by atoms with Crippen molar-refractivity contribution in [2.45, 2.75) is 11.4 Å². The minimum Gasteiger partial charge on any atom is -0.384 e. The number of hydrogen-bond acceptors (Lipinski definition) is 5. The monoisotopic (exact) mass is 300 g/mol. The van der Waals surface area contributed by atoms with Gasteiger partial charge >= 0.3 is 0 Å². The van der Waals surface area contributed by atoms with Crippen LogP contribution >= 0.6 is 0 Å². The summed E-state index contributed by atoms with van der Waals surface area (Å²) < 4.78 is 37.1. The van der Waals surface area contributed by atoms with E-state index in [2.05, 4.69) is 10.0 Å². The first-order chi connectivity index (χ1) is 9.63. The SMILES string of the molecule is COC1COCC1S(=O)(=O)NCCNc1ccccc1. The summed E-state index contributed by atoms with van der Waals surface area (Å²) in [6.07, 6.45) is -0.394. The highest BCUT2D eigenvalue weighted by Crippen LogP contribution is 2.16. The Morgan fingerprint density at radius 1 is 1.25 bits per heavy atom. The molecule has 1 aliphatic rings. The zero-order valence-corrected chi connectivity index (χ0v) is 12.2. The summed E-state index contributed by atoms with van der Waals surface area (Å²) in [6, 6.07) is 9.64. The summed E-state index contributed by atoms with van der Waals surface area (Å²) in [5, 5.41) is 2.51. The molecule has 7 heteroatoms. The molecule has 112 valence electrons. The lowest BCUT2D eigenvalue weighted by Crippen LogP contribution is -2.43. The van der Waals surface area contributed by atoms with Crippen LogP contribution in [0.1, 0.15) is 0 Å². The quantitative estimate of drug-likeness (QED) is 0.714. The minimum atomic E-state index is -3.42. The molecule has 0 bridgehead atoms. The molecule has 0 spiro atoms. The van der Waals surface area contributed by atoms with Crippen LogP contribution in [0.25, 0.3) is 0 Å². The largest absolute Gasteiger partial charge is 0.384 e. The third-order valence-electron chi connectivity index (χ3n) is 3.21. The van der Waals surface area contributed by atoms with Gasteiger partial charge in [0.05, 0.1) is 13.2 Å². The van der Waals surface area contributed by atoms with Gasteiger partial charge in [-0.2, -0.15) is 0 Å². The lowest BCUT2D eigenvalue weighted by molar-refractivity contribution is 0.0828. The maximum Gasteiger partial charge on any atom is 0.219 e. The van der Waals surface area contributed by atoms with E-state index in [9.17, 15) is 8.42 Å². The van der Waals surface area contributed by atoms with Gasteiger partial charge in [0.15, 0.2) is 0 Å². The fourth-order valence-electron chi connectivity index (χ4n) is 2.09. The summed E-state index contributed by atoms with van der Waals surface area (Å²) in [4.78, 5) is 0. The molecule has 0 aliphatic carbocycles. The van der Waals surface area contributed by atoms with Crippen molar-refractivity contribution in [2.75, 3.05) is 38.7 Å². The Labute approximate surface area is 119 Å². The topological polar surface area (TPSA) is 76.7 Å². The van der Waals surface area contributed by atoms with E-state index in [-0.39, 0.29) is 6.61 Å². The Hall–Kier alpha value is -1.15. The van der Waals surface area contributed by atoms with E-state index in [0.29, 0.717) is 19.7 Å². The second-order valence-corrected chi connectivity index (χ2v) is 6.57. The highest BCUT2D eigenvalue weighted by molar-refractivity contribution is 7.90. The summed E-state index contributed by atoms with van der Waals surface area (Å²) in [6.45, 7) is 1.35. The van der Waals surface area contributed by atoms with Crippen LogP contribution in [-0.2, 0) is 19.5 Å². The summed E-state index contributed by atoms with van der Waals surface area (Å²) >= 11 is 0. The highest BCUT2D eigenvalue weighted by atomic mass is 32.2. The molecule has 2 unspecified atom stereocenters. The molecule has 20 heavy (non-hydrogen) atoms. The molecule has 2 rings (SSSR count). The van der Waals surface area contributed by atoms with Crippen LogP contribution in [-0.4, -0.2) is 53.2 Å². The first-order valence-electron chi connectivity index (χ1n) is 6.51. The normalized spacial score (nSPS) is 22.9. The first kappa shape index (κ1) is 15.2. The van der Waals surface area contributed by atoms with E-state index >= 15 is 0 Å². The van der Waals surface area contributed by atoms with Crippen molar-refractivity contribution in [3.05, 3.63) is 30.3 Å². The van der Waals surface area contributed by atoms with E-state index in [1.807, 2.05) is 30.3 Å². The summed E-state index contributed by atoms with van der Waals surface area (Å²) in [7, 11) is -1.92. The zero-order chi connectivity index (χ0) is 14.4. The van der Waals surface area contributed by atoms with Gasteiger partial charge in [-0.25, -0.2) is 13.1 Å². The average Bonchev–Trinajstić information content (AvgIpc) is 2.94. The maximum atomic E-state index is 12.1. The molecular formula is C13H20N2O4S. The molecule has 1 aromatic rings. The van der Waals surface area contributed by atoms with Crippen molar-refractivity contribution < 1.29 is 17.9 Å². The molecule has 1 fully saturated rings. The third kappa shape index (κ3) is 3.92. The van der Waals surface area contributed by atoms with Gasteiger partial charge in [-0.3, -0.25) is 0 Å².